The van der Waals surface area contributed by atoms with E-state index in [2.05, 4.69) is 65.9 Å². The Morgan fingerprint density at radius 1 is 0.974 bits per heavy atom. The average Bonchev–Trinajstić information content (AvgIpc) is 2.92. The molecule has 0 fully saturated rings. The van der Waals surface area contributed by atoms with Crippen molar-refractivity contribution in [1.82, 2.24) is 15.6 Å². The number of β-amino-alcohol motifs (C(OH)–C–C–N with tert-alkyl or cyclic N) is 1. The highest BCUT2D eigenvalue weighted by molar-refractivity contribution is 5.85. The lowest BCUT2D eigenvalue weighted by Gasteiger charge is -2.28. The van der Waals surface area contributed by atoms with Crippen molar-refractivity contribution in [3.05, 3.63) is 107 Å². The maximum absolute atomic E-state index is 12.7. The van der Waals surface area contributed by atoms with Crippen LogP contribution in [-0.2, 0) is 30.7 Å². The molecule has 0 radical (unpaired) electrons. The predicted octanol–water partition coefficient (Wildman–Crippen LogP) is 3.98. The summed E-state index contributed by atoms with van der Waals surface area (Å²) in [6.45, 7) is 4.55. The number of carbonyl (C=O) groups excluding carboxylic acids is 1. The zero-order valence-electron chi connectivity index (χ0n) is 22.5. The molecule has 1 aromatic heterocycles. The van der Waals surface area contributed by atoms with Gasteiger partial charge in [0.25, 0.3) is 0 Å². The Morgan fingerprint density at radius 2 is 1.72 bits per heavy atom. The molecule has 0 saturated heterocycles. The molecule has 0 bridgehead atoms. The van der Waals surface area contributed by atoms with Gasteiger partial charge in [-0.3, -0.25) is 4.79 Å². The first-order valence-corrected chi connectivity index (χ1v) is 13.3. The van der Waals surface area contributed by atoms with E-state index in [4.69, 9.17) is 0 Å². The summed E-state index contributed by atoms with van der Waals surface area (Å²) >= 11 is 0. The molecule has 0 aliphatic carbocycles. The number of fused-ring (bicyclic) bond motifs is 1. The van der Waals surface area contributed by atoms with Crippen molar-refractivity contribution in [2.75, 3.05) is 13.1 Å². The summed E-state index contributed by atoms with van der Waals surface area (Å²) in [6, 6.07) is 25.6. The van der Waals surface area contributed by atoms with Crippen LogP contribution in [0.3, 0.4) is 0 Å². The summed E-state index contributed by atoms with van der Waals surface area (Å²) in [5.41, 5.74) is 3.46. The molecule has 1 amide bonds. The fourth-order valence-corrected chi connectivity index (χ4v) is 4.81. The van der Waals surface area contributed by atoms with Crippen LogP contribution in [0.1, 0.15) is 48.0 Å². The van der Waals surface area contributed by atoms with Gasteiger partial charge in [0.1, 0.15) is 17.5 Å². The molecule has 7 nitrogen and oxygen atoms in total. The highest BCUT2D eigenvalue weighted by Crippen LogP contribution is 2.21. The van der Waals surface area contributed by atoms with Gasteiger partial charge in [0, 0.05) is 18.6 Å². The predicted molar refractivity (Wildman–Crippen MR) is 153 cm³/mol. The second-order valence-electron chi connectivity index (χ2n) is 10.6. The van der Waals surface area contributed by atoms with Gasteiger partial charge in [-0.25, -0.2) is 4.98 Å². The van der Waals surface area contributed by atoms with Gasteiger partial charge in [0.05, 0.1) is 18.7 Å². The quantitative estimate of drug-likeness (QED) is 0.190. The number of aromatic hydroxyl groups is 1. The van der Waals surface area contributed by atoms with Crippen LogP contribution < -0.4 is 10.6 Å². The monoisotopic (exact) mass is 527 g/mol. The Kier molecular flexibility index (Phi) is 9.30. The molecule has 0 spiro atoms. The number of amides is 1. The number of benzene rings is 3. The summed E-state index contributed by atoms with van der Waals surface area (Å²) < 4.78 is 0. The van der Waals surface area contributed by atoms with Crippen LogP contribution in [0.5, 0.6) is 5.75 Å². The summed E-state index contributed by atoms with van der Waals surface area (Å²) in [5.74, 6) is -0.100. The van der Waals surface area contributed by atoms with Gasteiger partial charge in [-0.2, -0.15) is 0 Å². The molecular formula is C32H37N3O4. The number of aliphatic hydroxyl groups is 2. The second kappa shape index (κ2) is 12.8. The van der Waals surface area contributed by atoms with E-state index in [1.54, 1.807) is 6.07 Å². The molecule has 0 aliphatic rings. The van der Waals surface area contributed by atoms with E-state index in [-0.39, 0.29) is 29.4 Å². The lowest BCUT2D eigenvalue weighted by atomic mass is 9.93. The summed E-state index contributed by atoms with van der Waals surface area (Å²) in [5, 5.41) is 38.4. The van der Waals surface area contributed by atoms with Gasteiger partial charge in [-0.15, -0.1) is 0 Å². The van der Waals surface area contributed by atoms with Crippen molar-refractivity contribution in [3.63, 3.8) is 0 Å². The summed E-state index contributed by atoms with van der Waals surface area (Å²) in [6.07, 6.45) is 0.899. The molecule has 1 heterocycles. The van der Waals surface area contributed by atoms with Crippen molar-refractivity contribution in [1.29, 1.82) is 0 Å². The minimum absolute atomic E-state index is 0.00320. The number of hydrogen-bond acceptors (Lipinski definition) is 6. The maximum atomic E-state index is 12.7. The Bertz CT molecular complexity index is 1410. The smallest absolute Gasteiger partial charge is 0.224 e. The van der Waals surface area contributed by atoms with Crippen LogP contribution in [0.4, 0.5) is 0 Å². The molecule has 204 valence electrons. The molecule has 7 heteroatoms. The Hall–Kier alpha value is -3.78. The second-order valence-corrected chi connectivity index (χ2v) is 10.6. The summed E-state index contributed by atoms with van der Waals surface area (Å²) in [7, 11) is 0. The van der Waals surface area contributed by atoms with E-state index in [0.717, 1.165) is 17.5 Å². The highest BCUT2D eigenvalue weighted by Gasteiger charge is 2.21. The molecule has 3 aromatic carbocycles. The van der Waals surface area contributed by atoms with Gasteiger partial charge in [0.15, 0.2) is 0 Å². The number of carbonyl (C=O) groups is 1. The van der Waals surface area contributed by atoms with Crippen molar-refractivity contribution in [2.24, 2.45) is 0 Å². The molecule has 39 heavy (non-hydrogen) atoms. The van der Waals surface area contributed by atoms with Gasteiger partial charge < -0.3 is 26.0 Å². The minimum atomic E-state index is -0.890. The third-order valence-corrected chi connectivity index (χ3v) is 6.84. The lowest BCUT2D eigenvalue weighted by Crippen LogP contribution is -2.43. The van der Waals surface area contributed by atoms with Crippen LogP contribution in [0.15, 0.2) is 78.9 Å². The Balaban J connectivity index is 1.27. The Labute approximate surface area is 229 Å². The number of hydrogen-bond donors (Lipinski definition) is 5. The number of pyridine rings is 1. The maximum Gasteiger partial charge on any atom is 0.224 e. The van der Waals surface area contributed by atoms with Gasteiger partial charge >= 0.3 is 0 Å². The molecule has 1 unspecified atom stereocenters. The van der Waals surface area contributed by atoms with Crippen molar-refractivity contribution < 1.29 is 20.1 Å². The number of aliphatic hydroxyl groups excluding tert-OH is 2. The normalized spacial score (nSPS) is 12.4. The van der Waals surface area contributed by atoms with E-state index < -0.39 is 12.7 Å². The molecule has 4 aromatic rings. The van der Waals surface area contributed by atoms with E-state index >= 15 is 0 Å². The van der Waals surface area contributed by atoms with E-state index in [0.29, 0.717) is 25.1 Å². The van der Waals surface area contributed by atoms with Crippen LogP contribution in [-0.4, -0.2) is 44.8 Å². The van der Waals surface area contributed by atoms with E-state index in [1.165, 1.54) is 22.4 Å². The molecule has 5 N–H and O–H groups in total. The van der Waals surface area contributed by atoms with Gasteiger partial charge in [-0.05, 0) is 66.3 Å². The molecule has 4 rings (SSSR count). The van der Waals surface area contributed by atoms with E-state index in [9.17, 15) is 20.1 Å². The third-order valence-electron chi connectivity index (χ3n) is 6.84. The minimum Gasteiger partial charge on any atom is -0.506 e. The van der Waals surface area contributed by atoms with Crippen molar-refractivity contribution in [3.8, 4) is 5.75 Å². The zero-order valence-corrected chi connectivity index (χ0v) is 22.5. The number of aromatic nitrogens is 1. The fraction of sp³-hybridized carbons (Fsp3) is 0.312. The van der Waals surface area contributed by atoms with Gasteiger partial charge in [0.2, 0.25) is 5.91 Å². The molecular weight excluding hydrogens is 490 g/mol. The van der Waals surface area contributed by atoms with Crippen LogP contribution in [0.2, 0.25) is 0 Å². The van der Waals surface area contributed by atoms with Crippen LogP contribution in [0.25, 0.3) is 10.8 Å². The number of nitrogens with zero attached hydrogens (tertiary/aromatic N) is 1. The first kappa shape index (κ1) is 28.2. The lowest BCUT2D eigenvalue weighted by molar-refractivity contribution is -0.120. The Morgan fingerprint density at radius 3 is 2.54 bits per heavy atom. The topological polar surface area (TPSA) is 115 Å². The first-order valence-electron chi connectivity index (χ1n) is 13.3. The number of nitrogens with one attached hydrogen (secondary N) is 2. The van der Waals surface area contributed by atoms with Crippen LogP contribution >= 0.6 is 0 Å². The van der Waals surface area contributed by atoms with Crippen LogP contribution in [0, 0.1) is 0 Å². The highest BCUT2D eigenvalue weighted by atomic mass is 16.3. The third kappa shape index (κ3) is 7.86. The van der Waals surface area contributed by atoms with Crippen molar-refractivity contribution >= 4 is 16.7 Å². The fourth-order valence-electron chi connectivity index (χ4n) is 4.81. The average molecular weight is 528 g/mol. The zero-order chi connectivity index (χ0) is 27.8. The molecule has 0 saturated carbocycles. The number of rotatable bonds is 12. The molecule has 0 aliphatic heterocycles. The molecule has 1 atom stereocenters. The summed E-state index contributed by atoms with van der Waals surface area (Å²) in [4.78, 5) is 16.8. The van der Waals surface area contributed by atoms with Crippen molar-refractivity contribution in [2.45, 2.75) is 51.4 Å². The van der Waals surface area contributed by atoms with E-state index in [1.807, 2.05) is 30.3 Å². The van der Waals surface area contributed by atoms with Gasteiger partial charge in [-0.1, -0.05) is 66.7 Å². The SMILES string of the molecule is CC(C)(Cc1cccc(CC(=O)NCCc2cccc3ccccc23)c1)NCC(O)c1ccc(O)c(CO)n1. The standard InChI is InChI=1S/C32H37N3O4/c1-32(2,34-20-30(38)27-13-14-29(37)28(21-36)35-27)19-23-8-5-7-22(17-23)18-31(39)33-16-15-25-11-6-10-24-9-3-4-12-26(24)25/h3-14,17,30,34,36-38H,15-16,18-21H2,1-2H3,(H,33,39). The first-order chi connectivity index (χ1) is 18.7. The largest absolute Gasteiger partial charge is 0.506 e.